The van der Waals surface area contributed by atoms with Crippen LogP contribution < -0.4 is 14.8 Å². The van der Waals surface area contributed by atoms with E-state index in [1.54, 1.807) is 36.5 Å². The Balaban J connectivity index is 1.67. The van der Waals surface area contributed by atoms with Crippen LogP contribution in [0.25, 0.3) is 11.3 Å². The Morgan fingerprint density at radius 2 is 1.97 bits per heavy atom. The molecule has 0 amide bonds. The molecule has 0 atom stereocenters. The molecular formula is C22H20F3N3O4. The van der Waals surface area contributed by atoms with E-state index in [4.69, 9.17) is 9.84 Å². The molecule has 2 N–H and O–H groups in total. The lowest BCUT2D eigenvalue weighted by Crippen LogP contribution is -2.17. The summed E-state index contributed by atoms with van der Waals surface area (Å²) in [5, 5.41) is 11.9. The van der Waals surface area contributed by atoms with Gasteiger partial charge in [0.1, 0.15) is 17.3 Å². The predicted octanol–water partition coefficient (Wildman–Crippen LogP) is 4.68. The molecule has 3 rings (SSSR count). The van der Waals surface area contributed by atoms with Crippen LogP contribution in [0.15, 0.2) is 54.7 Å². The number of pyridine rings is 2. The van der Waals surface area contributed by atoms with Crippen molar-refractivity contribution in [3.05, 3.63) is 66.0 Å². The molecule has 0 spiro atoms. The Hall–Kier alpha value is -3.82. The van der Waals surface area contributed by atoms with Crippen molar-refractivity contribution in [1.29, 1.82) is 0 Å². The summed E-state index contributed by atoms with van der Waals surface area (Å²) in [7, 11) is 1.49. The van der Waals surface area contributed by atoms with Crippen molar-refractivity contribution in [2.24, 2.45) is 0 Å². The van der Waals surface area contributed by atoms with Crippen LogP contribution in [0.4, 0.5) is 19.0 Å². The lowest BCUT2D eigenvalue weighted by molar-refractivity contribution is -0.274. The molecular weight excluding hydrogens is 427 g/mol. The number of nitrogens with zero attached hydrogens (tertiary/aromatic N) is 2. The number of nitrogens with one attached hydrogen (secondary N) is 1. The number of carboxylic acid groups (broad SMARTS) is 1. The monoisotopic (exact) mass is 447 g/mol. The summed E-state index contributed by atoms with van der Waals surface area (Å²) in [4.78, 5) is 19.7. The molecule has 0 aliphatic carbocycles. The van der Waals surface area contributed by atoms with Gasteiger partial charge in [0.25, 0.3) is 0 Å². The highest BCUT2D eigenvalue weighted by Crippen LogP contribution is 2.25. The number of rotatable bonds is 9. The Morgan fingerprint density at radius 3 is 2.62 bits per heavy atom. The predicted molar refractivity (Wildman–Crippen MR) is 110 cm³/mol. The van der Waals surface area contributed by atoms with E-state index in [-0.39, 0.29) is 25.1 Å². The van der Waals surface area contributed by atoms with E-state index in [1.807, 2.05) is 0 Å². The summed E-state index contributed by atoms with van der Waals surface area (Å²) < 4.78 is 46.3. The lowest BCUT2D eigenvalue weighted by Gasteiger charge is -2.11. The summed E-state index contributed by atoms with van der Waals surface area (Å²) in [5.41, 5.74) is 2.46. The average molecular weight is 447 g/mol. The van der Waals surface area contributed by atoms with Crippen LogP contribution >= 0.6 is 0 Å². The minimum atomic E-state index is -4.74. The molecule has 0 unspecified atom stereocenters. The van der Waals surface area contributed by atoms with Gasteiger partial charge >= 0.3 is 12.3 Å². The van der Waals surface area contributed by atoms with Crippen LogP contribution in [0.5, 0.6) is 11.5 Å². The quantitative estimate of drug-likeness (QED) is 0.492. The molecule has 0 saturated heterocycles. The van der Waals surface area contributed by atoms with Crippen molar-refractivity contribution >= 4 is 11.8 Å². The SMILES string of the molecule is COc1ccc(-c2ccc(NCc3cccc(OC(F)(F)F)c3)nc2)nc1CCC(=O)O. The highest BCUT2D eigenvalue weighted by molar-refractivity contribution is 5.67. The summed E-state index contributed by atoms with van der Waals surface area (Å²) in [6, 6.07) is 12.7. The molecule has 0 bridgehead atoms. The van der Waals surface area contributed by atoms with E-state index in [2.05, 4.69) is 20.0 Å². The first-order valence-electron chi connectivity index (χ1n) is 9.54. The number of carbonyl (C=O) groups is 1. The number of aromatic nitrogens is 2. The van der Waals surface area contributed by atoms with Gasteiger partial charge in [-0.05, 0) is 42.0 Å². The largest absolute Gasteiger partial charge is 0.573 e. The third-order valence-electron chi connectivity index (χ3n) is 4.39. The minimum absolute atomic E-state index is 0.0663. The molecule has 0 aliphatic rings. The van der Waals surface area contributed by atoms with Crippen molar-refractivity contribution in [3.8, 4) is 22.8 Å². The van der Waals surface area contributed by atoms with Crippen molar-refractivity contribution < 1.29 is 32.5 Å². The summed E-state index contributed by atoms with van der Waals surface area (Å²) >= 11 is 0. The van der Waals surface area contributed by atoms with Gasteiger partial charge < -0.3 is 19.9 Å². The number of aryl methyl sites for hydroxylation is 1. The van der Waals surface area contributed by atoms with Gasteiger partial charge in [-0.1, -0.05) is 12.1 Å². The van der Waals surface area contributed by atoms with E-state index in [0.29, 0.717) is 28.5 Å². The third-order valence-corrected chi connectivity index (χ3v) is 4.39. The van der Waals surface area contributed by atoms with Gasteiger partial charge in [-0.25, -0.2) is 9.97 Å². The fourth-order valence-electron chi connectivity index (χ4n) is 2.93. The standard InChI is InChI=1S/C22H20F3N3O4/c1-31-19-8-6-17(28-18(19)7-10-21(29)30)15-5-9-20(27-13-15)26-12-14-3-2-4-16(11-14)32-22(23,24)25/h2-6,8-9,11,13H,7,10,12H2,1H3,(H,26,27)(H,29,30). The Kier molecular flexibility index (Phi) is 7.14. The van der Waals surface area contributed by atoms with E-state index in [9.17, 15) is 18.0 Å². The fraction of sp³-hybridized carbons (Fsp3) is 0.227. The van der Waals surface area contributed by atoms with Gasteiger partial charge in [-0.15, -0.1) is 13.2 Å². The zero-order valence-electron chi connectivity index (χ0n) is 17.0. The van der Waals surface area contributed by atoms with Gasteiger partial charge in [0.15, 0.2) is 0 Å². The summed E-state index contributed by atoms with van der Waals surface area (Å²) in [6.45, 7) is 0.252. The Labute approximate surface area is 181 Å². The van der Waals surface area contributed by atoms with Crippen LogP contribution in [0, 0.1) is 0 Å². The third kappa shape index (κ3) is 6.59. The maximum Gasteiger partial charge on any atom is 0.573 e. The lowest BCUT2D eigenvalue weighted by atomic mass is 10.1. The second kappa shape index (κ2) is 9.99. The number of benzene rings is 1. The number of anilines is 1. The molecule has 3 aromatic rings. The molecule has 0 aliphatic heterocycles. The van der Waals surface area contributed by atoms with E-state index >= 15 is 0 Å². The Bertz CT molecular complexity index is 1070. The summed E-state index contributed by atoms with van der Waals surface area (Å²) in [5.74, 6) is -0.176. The average Bonchev–Trinajstić information content (AvgIpc) is 2.75. The maximum atomic E-state index is 12.4. The number of alkyl halides is 3. The molecule has 2 heterocycles. The minimum Gasteiger partial charge on any atom is -0.495 e. The van der Waals surface area contributed by atoms with Crippen LogP contribution in [-0.4, -0.2) is 34.5 Å². The molecule has 0 radical (unpaired) electrons. The zero-order valence-corrected chi connectivity index (χ0v) is 17.0. The molecule has 2 aromatic heterocycles. The second-order valence-corrected chi connectivity index (χ2v) is 6.72. The number of hydrogen-bond acceptors (Lipinski definition) is 6. The normalized spacial score (nSPS) is 11.1. The molecule has 0 saturated carbocycles. The molecule has 10 heteroatoms. The van der Waals surface area contributed by atoms with Gasteiger partial charge in [-0.2, -0.15) is 0 Å². The number of methoxy groups -OCH3 is 1. The van der Waals surface area contributed by atoms with Gasteiger partial charge in [-0.3, -0.25) is 4.79 Å². The molecule has 1 aromatic carbocycles. The maximum absolute atomic E-state index is 12.4. The number of ether oxygens (including phenoxy) is 2. The van der Waals surface area contributed by atoms with Crippen molar-refractivity contribution in [1.82, 2.24) is 9.97 Å². The molecule has 7 nitrogen and oxygen atoms in total. The van der Waals surface area contributed by atoms with Crippen molar-refractivity contribution in [2.75, 3.05) is 12.4 Å². The Morgan fingerprint density at radius 1 is 1.16 bits per heavy atom. The van der Waals surface area contributed by atoms with Gasteiger partial charge in [0.2, 0.25) is 0 Å². The van der Waals surface area contributed by atoms with E-state index in [0.717, 1.165) is 5.56 Å². The molecule has 0 fully saturated rings. The molecule has 168 valence electrons. The number of carboxylic acids is 1. The summed E-state index contributed by atoms with van der Waals surface area (Å²) in [6.07, 6.45) is -2.98. The van der Waals surface area contributed by atoms with Gasteiger partial charge in [0, 0.05) is 24.7 Å². The highest BCUT2D eigenvalue weighted by atomic mass is 19.4. The number of halogens is 3. The topological polar surface area (TPSA) is 93.6 Å². The van der Waals surface area contributed by atoms with E-state index < -0.39 is 12.3 Å². The first-order valence-corrected chi connectivity index (χ1v) is 9.54. The molecule has 32 heavy (non-hydrogen) atoms. The number of hydrogen-bond donors (Lipinski definition) is 2. The van der Waals surface area contributed by atoms with Crippen LogP contribution in [0.1, 0.15) is 17.7 Å². The first-order chi connectivity index (χ1) is 15.2. The number of aliphatic carboxylic acids is 1. The van der Waals surface area contributed by atoms with Crippen LogP contribution in [-0.2, 0) is 17.8 Å². The van der Waals surface area contributed by atoms with Crippen LogP contribution in [0.3, 0.4) is 0 Å². The van der Waals surface area contributed by atoms with Gasteiger partial charge in [0.05, 0.1) is 24.9 Å². The smallest absolute Gasteiger partial charge is 0.495 e. The van der Waals surface area contributed by atoms with Crippen LogP contribution in [0.2, 0.25) is 0 Å². The zero-order chi connectivity index (χ0) is 23.1. The first kappa shape index (κ1) is 22.9. The van der Waals surface area contributed by atoms with Crippen molar-refractivity contribution in [2.45, 2.75) is 25.7 Å². The van der Waals surface area contributed by atoms with E-state index in [1.165, 1.54) is 25.3 Å². The highest BCUT2D eigenvalue weighted by Gasteiger charge is 2.31. The van der Waals surface area contributed by atoms with Crippen molar-refractivity contribution in [3.63, 3.8) is 0 Å². The second-order valence-electron chi connectivity index (χ2n) is 6.72. The fourth-order valence-corrected chi connectivity index (χ4v) is 2.93.